The second-order valence-corrected chi connectivity index (χ2v) is 7.30. The Morgan fingerprint density at radius 1 is 1.08 bits per heavy atom. The van der Waals surface area contributed by atoms with Crippen molar-refractivity contribution in [3.8, 4) is 0 Å². The number of benzene rings is 2. The third-order valence-corrected chi connectivity index (χ3v) is 5.04. The van der Waals surface area contributed by atoms with Gasteiger partial charge in [0.1, 0.15) is 5.82 Å². The quantitative estimate of drug-likeness (QED) is 0.871. The predicted molar refractivity (Wildman–Crippen MR) is 90.6 cm³/mol. The van der Waals surface area contributed by atoms with Gasteiger partial charge in [0.2, 0.25) is 15.9 Å². The van der Waals surface area contributed by atoms with E-state index < -0.39 is 10.0 Å². The number of hydrogen-bond donors (Lipinski definition) is 2. The van der Waals surface area contributed by atoms with Crippen LogP contribution in [0, 0.1) is 19.7 Å². The third-order valence-electron chi connectivity index (χ3n) is 3.50. The number of hydrogen-bond acceptors (Lipinski definition) is 3. The average Bonchev–Trinajstić information content (AvgIpc) is 2.50. The van der Waals surface area contributed by atoms with Crippen LogP contribution in [0.3, 0.4) is 0 Å². The Kier molecular flexibility index (Phi) is 5.36. The minimum atomic E-state index is -3.79. The highest BCUT2D eigenvalue weighted by Gasteiger charge is 2.17. The van der Waals surface area contributed by atoms with Crippen LogP contribution in [0.25, 0.3) is 0 Å². The molecule has 5 nitrogen and oxygen atoms in total. The summed E-state index contributed by atoms with van der Waals surface area (Å²) in [5, 5.41) is 2.55. The second-order valence-electron chi connectivity index (χ2n) is 5.57. The first-order valence-corrected chi connectivity index (χ1v) is 8.80. The molecule has 0 saturated carbocycles. The third kappa shape index (κ3) is 4.39. The normalized spacial score (nSPS) is 11.3. The number of sulfonamides is 1. The molecule has 2 aromatic rings. The van der Waals surface area contributed by atoms with Gasteiger partial charge in [-0.1, -0.05) is 18.2 Å². The molecule has 0 radical (unpaired) electrons. The molecule has 2 N–H and O–H groups in total. The van der Waals surface area contributed by atoms with Gasteiger partial charge in [0.25, 0.3) is 0 Å². The lowest BCUT2D eigenvalue weighted by molar-refractivity contribution is -0.114. The van der Waals surface area contributed by atoms with Crippen LogP contribution in [0.2, 0.25) is 0 Å². The molecule has 0 heterocycles. The Bertz CT molecular complexity index is 879. The Hall–Kier alpha value is -2.25. The van der Waals surface area contributed by atoms with Crippen molar-refractivity contribution in [1.82, 2.24) is 4.72 Å². The zero-order chi connectivity index (χ0) is 17.9. The molecule has 0 bridgehead atoms. The Morgan fingerprint density at radius 3 is 2.38 bits per heavy atom. The lowest BCUT2D eigenvalue weighted by Crippen LogP contribution is -2.24. The minimum Gasteiger partial charge on any atom is -0.326 e. The highest BCUT2D eigenvalue weighted by Crippen LogP contribution is 2.20. The lowest BCUT2D eigenvalue weighted by Gasteiger charge is -2.12. The highest BCUT2D eigenvalue weighted by molar-refractivity contribution is 7.89. The molecule has 0 atom stereocenters. The van der Waals surface area contributed by atoms with Crippen molar-refractivity contribution in [3.63, 3.8) is 0 Å². The maximum Gasteiger partial charge on any atom is 0.241 e. The molecule has 2 rings (SSSR count). The van der Waals surface area contributed by atoms with E-state index in [0.29, 0.717) is 22.4 Å². The van der Waals surface area contributed by atoms with Crippen molar-refractivity contribution >= 4 is 21.6 Å². The topological polar surface area (TPSA) is 75.3 Å². The number of aryl methyl sites for hydroxylation is 2. The SMILES string of the molecule is CC(=O)Nc1ccc(C)c(S(=O)(=O)NCc2ccc(C)c(F)c2)c1. The lowest BCUT2D eigenvalue weighted by atomic mass is 10.1. The van der Waals surface area contributed by atoms with Crippen LogP contribution in [-0.2, 0) is 21.4 Å². The summed E-state index contributed by atoms with van der Waals surface area (Å²) >= 11 is 0. The van der Waals surface area contributed by atoms with Gasteiger partial charge in [-0.15, -0.1) is 0 Å². The van der Waals surface area contributed by atoms with Crippen molar-refractivity contribution < 1.29 is 17.6 Å². The molecule has 0 unspecified atom stereocenters. The van der Waals surface area contributed by atoms with Crippen LogP contribution in [0.15, 0.2) is 41.3 Å². The van der Waals surface area contributed by atoms with Gasteiger partial charge in [0.15, 0.2) is 0 Å². The van der Waals surface area contributed by atoms with Gasteiger partial charge in [-0.05, 0) is 48.7 Å². The zero-order valence-electron chi connectivity index (χ0n) is 13.7. The van der Waals surface area contributed by atoms with Crippen LogP contribution in [0.5, 0.6) is 0 Å². The van der Waals surface area contributed by atoms with Gasteiger partial charge in [-0.25, -0.2) is 17.5 Å². The van der Waals surface area contributed by atoms with Crippen molar-refractivity contribution in [2.24, 2.45) is 0 Å². The van der Waals surface area contributed by atoms with Gasteiger partial charge < -0.3 is 5.32 Å². The van der Waals surface area contributed by atoms with E-state index in [1.807, 2.05) is 0 Å². The molecule has 128 valence electrons. The molecule has 2 aromatic carbocycles. The molecule has 0 fully saturated rings. The Labute approximate surface area is 141 Å². The molecule has 0 aromatic heterocycles. The van der Waals surface area contributed by atoms with E-state index in [9.17, 15) is 17.6 Å². The van der Waals surface area contributed by atoms with E-state index in [2.05, 4.69) is 10.0 Å². The van der Waals surface area contributed by atoms with Crippen LogP contribution < -0.4 is 10.0 Å². The van der Waals surface area contributed by atoms with Crippen molar-refractivity contribution in [2.45, 2.75) is 32.2 Å². The first-order valence-electron chi connectivity index (χ1n) is 7.32. The number of anilines is 1. The Morgan fingerprint density at radius 2 is 1.75 bits per heavy atom. The molecule has 0 aliphatic heterocycles. The van der Waals surface area contributed by atoms with Crippen LogP contribution in [0.1, 0.15) is 23.6 Å². The van der Waals surface area contributed by atoms with Crippen molar-refractivity contribution in [2.75, 3.05) is 5.32 Å². The molecule has 0 aliphatic rings. The average molecular weight is 350 g/mol. The predicted octanol–water partition coefficient (Wildman–Crippen LogP) is 2.88. The van der Waals surface area contributed by atoms with Gasteiger partial charge in [0.05, 0.1) is 4.90 Å². The first-order chi connectivity index (χ1) is 11.2. The van der Waals surface area contributed by atoms with Gasteiger partial charge >= 0.3 is 0 Å². The smallest absolute Gasteiger partial charge is 0.241 e. The number of nitrogens with one attached hydrogen (secondary N) is 2. The summed E-state index contributed by atoms with van der Waals surface area (Å²) in [5.74, 6) is -0.666. The summed E-state index contributed by atoms with van der Waals surface area (Å²) in [5.41, 5.74) is 1.97. The van der Waals surface area contributed by atoms with E-state index in [0.717, 1.165) is 0 Å². The van der Waals surface area contributed by atoms with E-state index >= 15 is 0 Å². The zero-order valence-corrected chi connectivity index (χ0v) is 14.5. The molecule has 24 heavy (non-hydrogen) atoms. The van der Waals surface area contributed by atoms with Gasteiger partial charge in [0, 0.05) is 19.2 Å². The fourth-order valence-corrected chi connectivity index (χ4v) is 3.46. The number of halogens is 1. The maximum atomic E-state index is 13.5. The fraction of sp³-hybridized carbons (Fsp3) is 0.235. The number of carbonyl (C=O) groups excluding carboxylic acids is 1. The van der Waals surface area contributed by atoms with E-state index in [1.165, 1.54) is 19.1 Å². The summed E-state index contributed by atoms with van der Waals surface area (Å²) in [6, 6.07) is 9.22. The largest absolute Gasteiger partial charge is 0.326 e. The molecule has 1 amide bonds. The summed E-state index contributed by atoms with van der Waals surface area (Å²) in [7, 11) is -3.79. The van der Waals surface area contributed by atoms with Gasteiger partial charge in [-0.2, -0.15) is 0 Å². The molecular formula is C17H19FN2O3S. The van der Waals surface area contributed by atoms with E-state index in [1.54, 1.807) is 38.1 Å². The van der Waals surface area contributed by atoms with Crippen molar-refractivity contribution in [1.29, 1.82) is 0 Å². The summed E-state index contributed by atoms with van der Waals surface area (Å²) in [6.45, 7) is 4.62. The van der Waals surface area contributed by atoms with E-state index in [-0.39, 0.29) is 23.2 Å². The van der Waals surface area contributed by atoms with Gasteiger partial charge in [-0.3, -0.25) is 4.79 Å². The first kappa shape index (κ1) is 18.1. The molecular weight excluding hydrogens is 331 g/mol. The van der Waals surface area contributed by atoms with Crippen molar-refractivity contribution in [3.05, 3.63) is 58.9 Å². The van der Waals surface area contributed by atoms with Crippen LogP contribution in [-0.4, -0.2) is 14.3 Å². The fourth-order valence-electron chi connectivity index (χ4n) is 2.17. The number of rotatable bonds is 5. The summed E-state index contributed by atoms with van der Waals surface area (Å²) in [4.78, 5) is 11.2. The summed E-state index contributed by atoms with van der Waals surface area (Å²) in [6.07, 6.45) is 0. The molecule has 0 saturated heterocycles. The minimum absolute atomic E-state index is 0.0245. The Balaban J connectivity index is 2.23. The van der Waals surface area contributed by atoms with Crippen LogP contribution in [0.4, 0.5) is 10.1 Å². The standard InChI is InChI=1S/C17H19FN2O3S/c1-11-4-6-14(8-16(11)18)10-19-24(22,23)17-9-15(20-13(3)21)7-5-12(17)2/h4-9,19H,10H2,1-3H3,(H,20,21). The number of carbonyl (C=O) groups is 1. The molecule has 0 spiro atoms. The number of amides is 1. The van der Waals surface area contributed by atoms with E-state index in [4.69, 9.17) is 0 Å². The van der Waals surface area contributed by atoms with Crippen LogP contribution >= 0.6 is 0 Å². The second kappa shape index (κ2) is 7.11. The maximum absolute atomic E-state index is 13.5. The molecule has 0 aliphatic carbocycles. The monoisotopic (exact) mass is 350 g/mol. The molecule has 7 heteroatoms. The summed E-state index contributed by atoms with van der Waals surface area (Å²) < 4.78 is 41.0. The highest BCUT2D eigenvalue weighted by atomic mass is 32.2.